The Balaban J connectivity index is 2.25. The molecule has 2 heteroatoms. The van der Waals surface area contributed by atoms with Crippen LogP contribution in [0.2, 0.25) is 0 Å². The Labute approximate surface area is 74.4 Å². The molecule has 1 aromatic rings. The van der Waals surface area contributed by atoms with Crippen molar-refractivity contribution < 1.29 is 0 Å². The summed E-state index contributed by atoms with van der Waals surface area (Å²) in [5.41, 5.74) is 1.27. The smallest absolute Gasteiger partial charge is 0.0359 e. The summed E-state index contributed by atoms with van der Waals surface area (Å²) < 4.78 is 0. The van der Waals surface area contributed by atoms with Crippen LogP contribution in [0.25, 0.3) is 0 Å². The van der Waals surface area contributed by atoms with E-state index in [1.54, 1.807) is 0 Å². The van der Waals surface area contributed by atoms with Crippen LogP contribution in [-0.2, 0) is 6.54 Å². The lowest BCUT2D eigenvalue weighted by Gasteiger charge is -2.13. The standard InChI is InChI=1S/C10H18N2/c1-3-9(4-2)12-8-10-6-5-7-11-10/h5-7,9,11-12H,3-4,8H2,1-2H3. The molecule has 0 aliphatic heterocycles. The molecule has 0 aromatic carbocycles. The van der Waals surface area contributed by atoms with Gasteiger partial charge in [0.25, 0.3) is 0 Å². The first kappa shape index (κ1) is 9.33. The van der Waals surface area contributed by atoms with Gasteiger partial charge < -0.3 is 10.3 Å². The highest BCUT2D eigenvalue weighted by molar-refractivity contribution is 5.03. The summed E-state index contributed by atoms with van der Waals surface area (Å²) in [4.78, 5) is 3.18. The lowest BCUT2D eigenvalue weighted by atomic mass is 10.2. The Bertz CT molecular complexity index is 188. The molecule has 0 radical (unpaired) electrons. The number of H-pyrrole nitrogens is 1. The Hall–Kier alpha value is -0.760. The maximum atomic E-state index is 3.49. The summed E-state index contributed by atoms with van der Waals surface area (Å²) >= 11 is 0. The van der Waals surface area contributed by atoms with Crippen molar-refractivity contribution >= 4 is 0 Å². The average molecular weight is 166 g/mol. The summed E-state index contributed by atoms with van der Waals surface area (Å²) in [6.45, 7) is 5.39. The maximum Gasteiger partial charge on any atom is 0.0359 e. The van der Waals surface area contributed by atoms with E-state index in [0.29, 0.717) is 6.04 Å². The molecule has 1 rings (SSSR count). The molecule has 0 unspecified atom stereocenters. The van der Waals surface area contributed by atoms with E-state index in [1.807, 2.05) is 12.3 Å². The molecule has 1 heterocycles. The zero-order chi connectivity index (χ0) is 8.81. The third-order valence-corrected chi connectivity index (χ3v) is 2.23. The molecule has 0 aliphatic carbocycles. The van der Waals surface area contributed by atoms with Gasteiger partial charge in [0, 0.05) is 24.5 Å². The Morgan fingerprint density at radius 1 is 1.42 bits per heavy atom. The van der Waals surface area contributed by atoms with E-state index < -0.39 is 0 Å². The molecule has 0 saturated heterocycles. The predicted octanol–water partition coefficient (Wildman–Crippen LogP) is 2.29. The number of hydrogen-bond donors (Lipinski definition) is 2. The van der Waals surface area contributed by atoms with Gasteiger partial charge in [-0.25, -0.2) is 0 Å². The Morgan fingerprint density at radius 3 is 2.67 bits per heavy atom. The second-order valence-electron chi connectivity index (χ2n) is 3.09. The van der Waals surface area contributed by atoms with Gasteiger partial charge >= 0.3 is 0 Å². The highest BCUT2D eigenvalue weighted by Gasteiger charge is 2.01. The molecule has 0 saturated carbocycles. The van der Waals surface area contributed by atoms with E-state index in [2.05, 4.69) is 30.2 Å². The van der Waals surface area contributed by atoms with Gasteiger partial charge in [0.15, 0.2) is 0 Å². The van der Waals surface area contributed by atoms with Crippen molar-refractivity contribution in [2.24, 2.45) is 0 Å². The van der Waals surface area contributed by atoms with Crippen LogP contribution in [0.1, 0.15) is 32.4 Å². The van der Waals surface area contributed by atoms with Crippen molar-refractivity contribution in [2.75, 3.05) is 0 Å². The lowest BCUT2D eigenvalue weighted by Crippen LogP contribution is -2.27. The second kappa shape index (κ2) is 4.99. The fourth-order valence-electron chi connectivity index (χ4n) is 1.31. The van der Waals surface area contributed by atoms with Crippen LogP contribution in [0.4, 0.5) is 0 Å². The molecule has 2 nitrogen and oxygen atoms in total. The highest BCUT2D eigenvalue weighted by Crippen LogP contribution is 1.99. The number of aromatic amines is 1. The van der Waals surface area contributed by atoms with Crippen molar-refractivity contribution in [3.05, 3.63) is 24.0 Å². The van der Waals surface area contributed by atoms with Crippen molar-refractivity contribution in [2.45, 2.75) is 39.3 Å². The molecule has 1 aromatic heterocycles. The zero-order valence-electron chi connectivity index (χ0n) is 7.93. The van der Waals surface area contributed by atoms with Crippen LogP contribution in [0, 0.1) is 0 Å². The summed E-state index contributed by atoms with van der Waals surface area (Å²) in [6.07, 6.45) is 4.37. The van der Waals surface area contributed by atoms with Gasteiger partial charge in [-0.2, -0.15) is 0 Å². The monoisotopic (exact) mass is 166 g/mol. The normalized spacial score (nSPS) is 10.9. The number of rotatable bonds is 5. The van der Waals surface area contributed by atoms with E-state index in [4.69, 9.17) is 0 Å². The van der Waals surface area contributed by atoms with Crippen molar-refractivity contribution in [3.8, 4) is 0 Å². The van der Waals surface area contributed by atoms with E-state index >= 15 is 0 Å². The molecule has 0 bridgehead atoms. The summed E-state index contributed by atoms with van der Waals surface area (Å²) in [5, 5.41) is 3.49. The first-order valence-corrected chi connectivity index (χ1v) is 4.72. The first-order chi connectivity index (χ1) is 5.86. The fraction of sp³-hybridized carbons (Fsp3) is 0.600. The molecule has 0 fully saturated rings. The van der Waals surface area contributed by atoms with Gasteiger partial charge in [-0.15, -0.1) is 0 Å². The van der Waals surface area contributed by atoms with Crippen LogP contribution in [0.15, 0.2) is 18.3 Å². The minimum absolute atomic E-state index is 0.660. The Kier molecular flexibility index (Phi) is 3.88. The van der Waals surface area contributed by atoms with Crippen LogP contribution in [0.3, 0.4) is 0 Å². The average Bonchev–Trinajstić information content (AvgIpc) is 2.59. The lowest BCUT2D eigenvalue weighted by molar-refractivity contribution is 0.481. The van der Waals surface area contributed by atoms with Gasteiger partial charge in [-0.05, 0) is 25.0 Å². The molecular formula is C10H18N2. The van der Waals surface area contributed by atoms with E-state index in [1.165, 1.54) is 18.5 Å². The van der Waals surface area contributed by atoms with Gasteiger partial charge in [0.05, 0.1) is 0 Å². The summed E-state index contributed by atoms with van der Waals surface area (Å²) in [5.74, 6) is 0. The van der Waals surface area contributed by atoms with Gasteiger partial charge in [0.2, 0.25) is 0 Å². The second-order valence-corrected chi connectivity index (χ2v) is 3.09. The van der Waals surface area contributed by atoms with Crippen molar-refractivity contribution in [1.82, 2.24) is 10.3 Å². The number of nitrogens with one attached hydrogen (secondary N) is 2. The third kappa shape index (κ3) is 2.70. The summed E-state index contributed by atoms with van der Waals surface area (Å²) in [7, 11) is 0. The maximum absolute atomic E-state index is 3.49. The molecule has 68 valence electrons. The van der Waals surface area contributed by atoms with Gasteiger partial charge in [-0.3, -0.25) is 0 Å². The highest BCUT2D eigenvalue weighted by atomic mass is 14.9. The topological polar surface area (TPSA) is 27.8 Å². The molecule has 2 N–H and O–H groups in total. The molecule has 12 heavy (non-hydrogen) atoms. The predicted molar refractivity (Wildman–Crippen MR) is 52.0 cm³/mol. The van der Waals surface area contributed by atoms with Crippen molar-refractivity contribution in [1.29, 1.82) is 0 Å². The minimum Gasteiger partial charge on any atom is -0.364 e. The van der Waals surface area contributed by atoms with E-state index in [0.717, 1.165) is 6.54 Å². The zero-order valence-corrected chi connectivity index (χ0v) is 7.93. The SMILES string of the molecule is CCC(CC)NCc1ccc[nH]1. The quantitative estimate of drug-likeness (QED) is 0.690. The minimum atomic E-state index is 0.660. The van der Waals surface area contributed by atoms with Crippen LogP contribution < -0.4 is 5.32 Å². The van der Waals surface area contributed by atoms with Crippen LogP contribution >= 0.6 is 0 Å². The van der Waals surface area contributed by atoms with Gasteiger partial charge in [0.1, 0.15) is 0 Å². The van der Waals surface area contributed by atoms with Crippen LogP contribution in [-0.4, -0.2) is 11.0 Å². The molecular weight excluding hydrogens is 148 g/mol. The summed E-state index contributed by atoms with van der Waals surface area (Å²) in [6, 6.07) is 4.80. The van der Waals surface area contributed by atoms with Crippen LogP contribution in [0.5, 0.6) is 0 Å². The van der Waals surface area contributed by atoms with Gasteiger partial charge in [-0.1, -0.05) is 13.8 Å². The molecule has 0 amide bonds. The molecule has 0 aliphatic rings. The number of aromatic nitrogens is 1. The largest absolute Gasteiger partial charge is 0.364 e. The Morgan fingerprint density at radius 2 is 2.17 bits per heavy atom. The van der Waals surface area contributed by atoms with Crippen molar-refractivity contribution in [3.63, 3.8) is 0 Å². The third-order valence-electron chi connectivity index (χ3n) is 2.23. The van der Waals surface area contributed by atoms with E-state index in [-0.39, 0.29) is 0 Å². The first-order valence-electron chi connectivity index (χ1n) is 4.72. The number of hydrogen-bond acceptors (Lipinski definition) is 1. The molecule has 0 atom stereocenters. The molecule has 0 spiro atoms. The van der Waals surface area contributed by atoms with E-state index in [9.17, 15) is 0 Å². The fourth-order valence-corrected chi connectivity index (χ4v) is 1.31.